The molecule has 2 aromatic carbocycles. The minimum Gasteiger partial charge on any atom is -0.459 e. The van der Waals surface area contributed by atoms with Crippen LogP contribution in [0.5, 0.6) is 0 Å². The van der Waals surface area contributed by atoms with E-state index < -0.39 is 48.5 Å². The van der Waals surface area contributed by atoms with E-state index in [0.717, 1.165) is 0 Å². The van der Waals surface area contributed by atoms with Crippen LogP contribution < -0.4 is 5.32 Å². The summed E-state index contributed by atoms with van der Waals surface area (Å²) in [6.45, 7) is 0.720. The molecule has 1 aliphatic heterocycles. The second-order valence-corrected chi connectivity index (χ2v) is 7.48. The molecule has 2 aromatic rings. The number of hydrogen-bond acceptors (Lipinski definition) is 8. The zero-order valence-electron chi connectivity index (χ0n) is 18.5. The van der Waals surface area contributed by atoms with Gasteiger partial charge >= 0.3 is 11.9 Å². The number of esters is 2. The fraction of sp³-hybridized carbons (Fsp3) is 0.320. The second kappa shape index (κ2) is 12.0. The fourth-order valence-corrected chi connectivity index (χ4v) is 3.44. The first kappa shape index (κ1) is 24.9. The maximum Gasteiger partial charge on any atom is 0.338 e. The average Bonchev–Trinajstić information content (AvgIpc) is 2.85. The van der Waals surface area contributed by atoms with E-state index >= 15 is 0 Å². The number of carbonyl (C=O) groups is 3. The van der Waals surface area contributed by atoms with Gasteiger partial charge in [0.25, 0.3) is 0 Å². The number of nitrogens with one attached hydrogen (secondary N) is 1. The van der Waals surface area contributed by atoms with E-state index in [9.17, 15) is 19.5 Å². The van der Waals surface area contributed by atoms with Gasteiger partial charge in [-0.25, -0.2) is 9.59 Å². The molecule has 5 atom stereocenters. The van der Waals surface area contributed by atoms with Crippen LogP contribution in [0.15, 0.2) is 60.7 Å². The zero-order valence-corrected chi connectivity index (χ0v) is 18.5. The fourth-order valence-electron chi connectivity index (χ4n) is 3.44. The van der Waals surface area contributed by atoms with Crippen LogP contribution in [0.4, 0.5) is 0 Å². The van der Waals surface area contributed by atoms with Crippen molar-refractivity contribution in [3.05, 3.63) is 71.8 Å². The van der Waals surface area contributed by atoms with Gasteiger partial charge in [0, 0.05) is 6.92 Å². The van der Waals surface area contributed by atoms with Gasteiger partial charge < -0.3 is 29.4 Å². The number of terminal acetylenes is 1. The van der Waals surface area contributed by atoms with E-state index in [-0.39, 0.29) is 18.8 Å². The highest BCUT2D eigenvalue weighted by atomic mass is 16.7. The van der Waals surface area contributed by atoms with Crippen molar-refractivity contribution in [2.75, 3.05) is 13.2 Å². The molecule has 1 saturated heterocycles. The van der Waals surface area contributed by atoms with Crippen LogP contribution in [0.2, 0.25) is 0 Å². The summed E-state index contributed by atoms with van der Waals surface area (Å²) >= 11 is 0. The highest BCUT2D eigenvalue weighted by Gasteiger charge is 2.49. The number of aliphatic hydroxyl groups excluding tert-OH is 1. The molecule has 0 aliphatic carbocycles. The van der Waals surface area contributed by atoms with Crippen molar-refractivity contribution in [2.45, 2.75) is 37.6 Å². The van der Waals surface area contributed by atoms with E-state index in [1.807, 2.05) is 0 Å². The number of aliphatic hydroxyl groups is 1. The Morgan fingerprint density at radius 1 is 1.03 bits per heavy atom. The third kappa shape index (κ3) is 6.42. The first-order valence-corrected chi connectivity index (χ1v) is 10.5. The lowest BCUT2D eigenvalue weighted by molar-refractivity contribution is -0.266. The Kier molecular flexibility index (Phi) is 8.76. The molecule has 1 aliphatic rings. The predicted octanol–water partition coefficient (Wildman–Crippen LogP) is 1.31. The van der Waals surface area contributed by atoms with Crippen molar-refractivity contribution in [1.29, 1.82) is 0 Å². The molecule has 9 heteroatoms. The van der Waals surface area contributed by atoms with Gasteiger partial charge in [-0.1, -0.05) is 42.3 Å². The Balaban J connectivity index is 1.81. The van der Waals surface area contributed by atoms with Crippen molar-refractivity contribution in [3.63, 3.8) is 0 Å². The topological polar surface area (TPSA) is 120 Å². The van der Waals surface area contributed by atoms with Gasteiger partial charge in [0.05, 0.1) is 11.1 Å². The van der Waals surface area contributed by atoms with E-state index in [4.69, 9.17) is 25.4 Å². The number of ether oxygens (including phenoxy) is 4. The van der Waals surface area contributed by atoms with Crippen LogP contribution in [0.3, 0.4) is 0 Å². The van der Waals surface area contributed by atoms with Crippen molar-refractivity contribution in [1.82, 2.24) is 5.32 Å². The summed E-state index contributed by atoms with van der Waals surface area (Å²) in [4.78, 5) is 36.9. The third-order valence-corrected chi connectivity index (χ3v) is 5.02. The van der Waals surface area contributed by atoms with Gasteiger partial charge in [-0.3, -0.25) is 4.79 Å². The standard InChI is InChI=1S/C25H25NO8/c1-3-14-31-25-20(26-16(2)27)22(34-24(30)18-12-8-5-9-13-18)21(28)19(33-25)15-32-23(29)17-10-6-4-7-11-17/h1,4-13,19-22,25,28H,14-15H2,2H3,(H,26,27)/t19-,20-,21+,22-,25-/m1/s1. The summed E-state index contributed by atoms with van der Waals surface area (Å²) in [5.41, 5.74) is 0.562. The summed E-state index contributed by atoms with van der Waals surface area (Å²) in [5.74, 6) is 0.480. The minimum absolute atomic E-state index is 0.174. The number of rotatable bonds is 8. The highest BCUT2D eigenvalue weighted by molar-refractivity contribution is 5.90. The Morgan fingerprint density at radius 2 is 1.62 bits per heavy atom. The zero-order chi connectivity index (χ0) is 24.5. The van der Waals surface area contributed by atoms with Crippen LogP contribution >= 0.6 is 0 Å². The Morgan fingerprint density at radius 3 is 2.18 bits per heavy atom. The van der Waals surface area contributed by atoms with E-state index in [0.29, 0.717) is 5.56 Å². The predicted molar refractivity (Wildman–Crippen MR) is 119 cm³/mol. The van der Waals surface area contributed by atoms with Crippen LogP contribution in [0.25, 0.3) is 0 Å². The summed E-state index contributed by atoms with van der Waals surface area (Å²) in [6, 6.07) is 15.4. The van der Waals surface area contributed by atoms with Crippen LogP contribution in [0, 0.1) is 12.3 Å². The quantitative estimate of drug-likeness (QED) is 0.441. The molecule has 0 unspecified atom stereocenters. The molecule has 0 spiro atoms. The third-order valence-electron chi connectivity index (χ3n) is 5.02. The van der Waals surface area contributed by atoms with Gasteiger partial charge in [-0.05, 0) is 24.3 Å². The maximum atomic E-state index is 12.7. The second-order valence-electron chi connectivity index (χ2n) is 7.48. The van der Waals surface area contributed by atoms with Crippen LogP contribution in [-0.2, 0) is 23.7 Å². The molecular formula is C25H25NO8. The number of amides is 1. The number of hydrogen-bond donors (Lipinski definition) is 2. The lowest BCUT2D eigenvalue weighted by Gasteiger charge is -2.43. The van der Waals surface area contributed by atoms with Crippen molar-refractivity contribution in [3.8, 4) is 12.3 Å². The Bertz CT molecular complexity index is 1020. The SMILES string of the molecule is C#CCO[C@@H]1O[C@H](COC(=O)c2ccccc2)[C@H](O)[C@H](OC(=O)c2ccccc2)[C@H]1NC(C)=O. The molecule has 0 radical (unpaired) electrons. The van der Waals surface area contributed by atoms with Crippen molar-refractivity contribution in [2.24, 2.45) is 0 Å². The largest absolute Gasteiger partial charge is 0.459 e. The van der Waals surface area contributed by atoms with E-state index in [1.165, 1.54) is 6.92 Å². The molecule has 34 heavy (non-hydrogen) atoms. The minimum atomic E-state index is -1.46. The number of carbonyl (C=O) groups excluding carboxylic acids is 3. The first-order chi connectivity index (χ1) is 16.4. The molecule has 1 fully saturated rings. The van der Waals surface area contributed by atoms with E-state index in [1.54, 1.807) is 60.7 Å². The molecule has 178 valence electrons. The molecule has 0 aromatic heterocycles. The lowest BCUT2D eigenvalue weighted by atomic mass is 9.96. The summed E-state index contributed by atoms with van der Waals surface area (Å²) in [6.07, 6.45) is 0.230. The molecule has 9 nitrogen and oxygen atoms in total. The summed E-state index contributed by atoms with van der Waals surface area (Å²) in [7, 11) is 0. The van der Waals surface area contributed by atoms with Gasteiger partial charge in [0.1, 0.15) is 31.5 Å². The van der Waals surface area contributed by atoms with Crippen molar-refractivity contribution >= 4 is 17.8 Å². The van der Waals surface area contributed by atoms with E-state index in [2.05, 4.69) is 11.2 Å². The Hall–Kier alpha value is -3.71. The highest BCUT2D eigenvalue weighted by Crippen LogP contribution is 2.26. The number of benzene rings is 2. The Labute approximate surface area is 197 Å². The van der Waals surface area contributed by atoms with Gasteiger partial charge in [-0.15, -0.1) is 6.42 Å². The molecule has 1 amide bonds. The van der Waals surface area contributed by atoms with Gasteiger partial charge in [-0.2, -0.15) is 0 Å². The molecule has 3 rings (SSSR count). The van der Waals surface area contributed by atoms with Crippen LogP contribution in [-0.4, -0.2) is 66.8 Å². The average molecular weight is 467 g/mol. The van der Waals surface area contributed by atoms with Gasteiger partial charge in [0.15, 0.2) is 12.4 Å². The molecule has 2 N–H and O–H groups in total. The monoisotopic (exact) mass is 467 g/mol. The summed E-state index contributed by atoms with van der Waals surface area (Å²) < 4.78 is 22.2. The van der Waals surface area contributed by atoms with Crippen molar-refractivity contribution < 1.29 is 38.4 Å². The summed E-state index contributed by atoms with van der Waals surface area (Å²) in [5, 5.41) is 13.6. The molecular weight excluding hydrogens is 442 g/mol. The lowest BCUT2D eigenvalue weighted by Crippen LogP contribution is -2.65. The smallest absolute Gasteiger partial charge is 0.338 e. The van der Waals surface area contributed by atoms with Gasteiger partial charge in [0.2, 0.25) is 5.91 Å². The normalized spacial score (nSPS) is 23.9. The molecule has 1 heterocycles. The van der Waals surface area contributed by atoms with Crippen LogP contribution in [0.1, 0.15) is 27.6 Å². The molecule has 0 bridgehead atoms. The molecule has 0 saturated carbocycles. The first-order valence-electron chi connectivity index (χ1n) is 10.5. The maximum absolute atomic E-state index is 12.7.